The Balaban J connectivity index is 2.81. The van der Waals surface area contributed by atoms with Crippen molar-refractivity contribution in [3.05, 3.63) is 41.0 Å². The van der Waals surface area contributed by atoms with Crippen molar-refractivity contribution in [3.8, 4) is 6.07 Å². The summed E-state index contributed by atoms with van der Waals surface area (Å²) in [7, 11) is 1.28. The second-order valence-electron chi connectivity index (χ2n) is 4.56. The van der Waals surface area contributed by atoms with Gasteiger partial charge in [-0.15, -0.1) is 0 Å². The van der Waals surface area contributed by atoms with Crippen LogP contribution in [0.5, 0.6) is 0 Å². The molecule has 0 aromatic heterocycles. The van der Waals surface area contributed by atoms with E-state index in [1.165, 1.54) is 13.2 Å². The highest BCUT2D eigenvalue weighted by molar-refractivity contribution is 6.03. The predicted molar refractivity (Wildman–Crippen MR) is 85.5 cm³/mol. The summed E-state index contributed by atoms with van der Waals surface area (Å²) in [6.45, 7) is 3.49. The molecule has 23 heavy (non-hydrogen) atoms. The number of nitrogens with one attached hydrogen (secondary N) is 1. The Morgan fingerprint density at radius 3 is 2.74 bits per heavy atom. The highest BCUT2D eigenvalue weighted by Crippen LogP contribution is 2.14. The number of esters is 1. The van der Waals surface area contributed by atoms with E-state index in [1.54, 1.807) is 24.3 Å². The summed E-state index contributed by atoms with van der Waals surface area (Å²) >= 11 is 0. The third-order valence-electron chi connectivity index (χ3n) is 2.99. The number of carbonyl (C=O) groups excluding carboxylic acids is 2. The molecule has 1 rings (SSSR count). The summed E-state index contributed by atoms with van der Waals surface area (Å²) < 4.78 is 9.86. The normalized spacial score (nSPS) is 10.7. The second kappa shape index (κ2) is 10.1. The molecule has 1 amide bonds. The molecule has 1 N–H and O–H groups in total. The molecule has 0 unspecified atom stereocenters. The fourth-order valence-corrected chi connectivity index (χ4v) is 1.84. The number of amides is 1. The standard InChI is InChI=1S/C17H20N2O4/c1-3-23-10-6-9-19-16(20)14(12-18)11-13-7-4-5-8-15(13)17(21)22-2/h4-5,7-8,11H,3,6,9-10H2,1-2H3,(H,19,20)/b14-11+. The quantitative estimate of drug-likeness (QED) is 0.342. The van der Waals surface area contributed by atoms with Crippen LogP contribution in [0.25, 0.3) is 6.08 Å². The van der Waals surface area contributed by atoms with Gasteiger partial charge in [0.25, 0.3) is 5.91 Å². The van der Waals surface area contributed by atoms with Crippen molar-refractivity contribution in [1.29, 1.82) is 5.26 Å². The first kappa shape index (κ1) is 18.4. The maximum Gasteiger partial charge on any atom is 0.338 e. The molecule has 1 aromatic rings. The third-order valence-corrected chi connectivity index (χ3v) is 2.99. The average molecular weight is 316 g/mol. The minimum absolute atomic E-state index is 0.0715. The molecule has 0 atom stereocenters. The molecule has 0 spiro atoms. The molecule has 0 aliphatic rings. The minimum Gasteiger partial charge on any atom is -0.465 e. The fraction of sp³-hybridized carbons (Fsp3) is 0.353. The van der Waals surface area contributed by atoms with Crippen LogP contribution in [0.15, 0.2) is 29.8 Å². The summed E-state index contributed by atoms with van der Waals surface area (Å²) in [4.78, 5) is 23.7. The molecule has 0 saturated heterocycles. The number of rotatable bonds is 8. The van der Waals surface area contributed by atoms with Crippen LogP contribution in [0, 0.1) is 11.3 Å². The molecule has 0 bridgehead atoms. The van der Waals surface area contributed by atoms with E-state index in [-0.39, 0.29) is 5.57 Å². The monoisotopic (exact) mass is 316 g/mol. The lowest BCUT2D eigenvalue weighted by Gasteiger charge is -2.06. The van der Waals surface area contributed by atoms with E-state index in [2.05, 4.69) is 10.1 Å². The van der Waals surface area contributed by atoms with Gasteiger partial charge in [-0.25, -0.2) is 4.79 Å². The van der Waals surface area contributed by atoms with Gasteiger partial charge in [0.15, 0.2) is 0 Å². The van der Waals surface area contributed by atoms with E-state index in [4.69, 9.17) is 10.00 Å². The average Bonchev–Trinajstić information content (AvgIpc) is 2.58. The maximum atomic E-state index is 12.0. The number of nitriles is 1. The van der Waals surface area contributed by atoms with Crippen molar-refractivity contribution >= 4 is 18.0 Å². The summed E-state index contributed by atoms with van der Waals surface area (Å²) in [5.41, 5.74) is 0.685. The predicted octanol–water partition coefficient (Wildman–Crippen LogP) is 1.92. The highest BCUT2D eigenvalue weighted by Gasteiger charge is 2.13. The van der Waals surface area contributed by atoms with Gasteiger partial charge in [-0.3, -0.25) is 4.79 Å². The third kappa shape index (κ3) is 5.93. The highest BCUT2D eigenvalue weighted by atomic mass is 16.5. The van der Waals surface area contributed by atoms with Crippen molar-refractivity contribution in [2.45, 2.75) is 13.3 Å². The number of carbonyl (C=O) groups is 2. The molecule has 1 aromatic carbocycles. The van der Waals surface area contributed by atoms with Crippen LogP contribution in [0.3, 0.4) is 0 Å². The Morgan fingerprint density at radius 2 is 2.09 bits per heavy atom. The number of hydrogen-bond donors (Lipinski definition) is 1. The topological polar surface area (TPSA) is 88.4 Å². The lowest BCUT2D eigenvalue weighted by atomic mass is 10.0. The smallest absolute Gasteiger partial charge is 0.338 e. The largest absolute Gasteiger partial charge is 0.465 e. The fourth-order valence-electron chi connectivity index (χ4n) is 1.84. The SMILES string of the molecule is CCOCCCNC(=O)/C(C#N)=C/c1ccccc1C(=O)OC. The maximum absolute atomic E-state index is 12.0. The number of hydrogen-bond acceptors (Lipinski definition) is 5. The Labute approximate surface area is 135 Å². The molecule has 0 heterocycles. The first-order valence-electron chi connectivity index (χ1n) is 7.29. The van der Waals surface area contributed by atoms with E-state index >= 15 is 0 Å². The summed E-state index contributed by atoms with van der Waals surface area (Å²) in [5, 5.41) is 11.8. The molecular formula is C17H20N2O4. The van der Waals surface area contributed by atoms with Gasteiger partial charge < -0.3 is 14.8 Å². The first-order chi connectivity index (χ1) is 11.1. The molecule has 0 aliphatic carbocycles. The number of benzene rings is 1. The van der Waals surface area contributed by atoms with Gasteiger partial charge in [0.05, 0.1) is 12.7 Å². The van der Waals surface area contributed by atoms with Crippen LogP contribution in [0.2, 0.25) is 0 Å². The molecule has 122 valence electrons. The minimum atomic E-state index is -0.522. The molecule has 6 nitrogen and oxygen atoms in total. The zero-order valence-electron chi connectivity index (χ0n) is 13.3. The van der Waals surface area contributed by atoms with Crippen LogP contribution in [-0.2, 0) is 14.3 Å². The molecular weight excluding hydrogens is 296 g/mol. The molecule has 6 heteroatoms. The van der Waals surface area contributed by atoms with Crippen molar-refractivity contribution in [2.24, 2.45) is 0 Å². The lowest BCUT2D eigenvalue weighted by Crippen LogP contribution is -2.26. The van der Waals surface area contributed by atoms with Crippen LogP contribution >= 0.6 is 0 Å². The van der Waals surface area contributed by atoms with Gasteiger partial charge in [0.1, 0.15) is 11.6 Å². The summed E-state index contributed by atoms with van der Waals surface area (Å²) in [6, 6.07) is 8.47. The van der Waals surface area contributed by atoms with Gasteiger partial charge in [0.2, 0.25) is 0 Å². The van der Waals surface area contributed by atoms with E-state index in [1.807, 2.05) is 13.0 Å². The number of nitrogens with zero attached hydrogens (tertiary/aromatic N) is 1. The Hall–Kier alpha value is -2.65. The first-order valence-corrected chi connectivity index (χ1v) is 7.29. The molecule has 0 aliphatic heterocycles. The zero-order valence-corrected chi connectivity index (χ0v) is 13.3. The Morgan fingerprint density at radius 1 is 1.35 bits per heavy atom. The molecule has 0 radical (unpaired) electrons. The van der Waals surface area contributed by atoms with Crippen molar-refractivity contribution in [3.63, 3.8) is 0 Å². The molecule has 0 fully saturated rings. The van der Waals surface area contributed by atoms with Gasteiger partial charge >= 0.3 is 5.97 Å². The van der Waals surface area contributed by atoms with Crippen molar-refractivity contribution in [1.82, 2.24) is 5.32 Å². The number of ether oxygens (including phenoxy) is 2. The van der Waals surface area contributed by atoms with E-state index < -0.39 is 11.9 Å². The lowest BCUT2D eigenvalue weighted by molar-refractivity contribution is -0.117. The summed E-state index contributed by atoms with van der Waals surface area (Å²) in [6.07, 6.45) is 2.04. The van der Waals surface area contributed by atoms with Gasteiger partial charge in [0, 0.05) is 19.8 Å². The Bertz CT molecular complexity index is 617. The second-order valence-corrected chi connectivity index (χ2v) is 4.56. The van der Waals surface area contributed by atoms with E-state index in [9.17, 15) is 9.59 Å². The van der Waals surface area contributed by atoms with Crippen molar-refractivity contribution in [2.75, 3.05) is 26.9 Å². The number of methoxy groups -OCH3 is 1. The summed E-state index contributed by atoms with van der Waals surface area (Å²) in [5.74, 6) is -1.00. The van der Waals surface area contributed by atoms with Gasteiger partial charge in [-0.1, -0.05) is 18.2 Å². The van der Waals surface area contributed by atoms with Crippen molar-refractivity contribution < 1.29 is 19.1 Å². The Kier molecular flexibility index (Phi) is 8.11. The molecule has 0 saturated carbocycles. The van der Waals surface area contributed by atoms with Gasteiger partial charge in [-0.05, 0) is 31.1 Å². The van der Waals surface area contributed by atoms with E-state index in [0.717, 1.165) is 0 Å². The van der Waals surface area contributed by atoms with Crippen LogP contribution in [0.1, 0.15) is 29.3 Å². The van der Waals surface area contributed by atoms with Gasteiger partial charge in [-0.2, -0.15) is 5.26 Å². The van der Waals surface area contributed by atoms with Crippen LogP contribution in [0.4, 0.5) is 0 Å². The van der Waals surface area contributed by atoms with E-state index in [0.29, 0.717) is 37.3 Å². The zero-order chi connectivity index (χ0) is 17.1. The van der Waals surface area contributed by atoms with Crippen LogP contribution < -0.4 is 5.32 Å². The van der Waals surface area contributed by atoms with Crippen LogP contribution in [-0.4, -0.2) is 38.7 Å².